The van der Waals surface area contributed by atoms with Gasteiger partial charge in [-0.2, -0.15) is 0 Å². The van der Waals surface area contributed by atoms with E-state index in [2.05, 4.69) is 12.2 Å². The van der Waals surface area contributed by atoms with Crippen LogP contribution in [0.5, 0.6) is 0 Å². The first-order valence-electron chi connectivity index (χ1n) is 8.07. The average molecular weight is 334 g/mol. The van der Waals surface area contributed by atoms with Crippen molar-refractivity contribution in [1.82, 2.24) is 5.32 Å². The summed E-state index contributed by atoms with van der Waals surface area (Å²) in [6, 6.07) is 0. The molecule has 2 aliphatic rings. The van der Waals surface area contributed by atoms with Crippen molar-refractivity contribution in [3.8, 4) is 0 Å². The number of hydrogen-bond donors (Lipinski definition) is 1. The highest BCUT2D eigenvalue weighted by Gasteiger charge is 2.28. The quantitative estimate of drug-likeness (QED) is 0.810. The number of nitrogens with one attached hydrogen (secondary N) is 1. The normalized spacial score (nSPS) is 32.0. The zero-order valence-electron chi connectivity index (χ0n) is 12.8. The van der Waals surface area contributed by atoms with Crippen LogP contribution in [0, 0.1) is 11.8 Å². The molecule has 1 N–H and O–H groups in total. The van der Waals surface area contributed by atoms with E-state index in [-0.39, 0.29) is 22.7 Å². The third kappa shape index (κ3) is 5.81. The molecule has 0 aromatic rings. The summed E-state index contributed by atoms with van der Waals surface area (Å²) >= 11 is 1.49. The van der Waals surface area contributed by atoms with E-state index in [0.29, 0.717) is 18.1 Å². The molecule has 1 heterocycles. The van der Waals surface area contributed by atoms with Crippen LogP contribution in [0.1, 0.15) is 45.4 Å². The second-order valence-electron chi connectivity index (χ2n) is 6.44. The number of carbonyl (C=O) groups is 1. The number of hydrogen-bond acceptors (Lipinski definition) is 4. The number of sulfone groups is 1. The van der Waals surface area contributed by atoms with Crippen molar-refractivity contribution < 1.29 is 13.2 Å². The van der Waals surface area contributed by atoms with Crippen LogP contribution in [0.2, 0.25) is 0 Å². The van der Waals surface area contributed by atoms with Gasteiger partial charge in [-0.15, -0.1) is 11.8 Å². The van der Waals surface area contributed by atoms with Gasteiger partial charge in [-0.05, 0) is 31.1 Å². The van der Waals surface area contributed by atoms with Crippen molar-refractivity contribution in [3.63, 3.8) is 0 Å². The molecule has 6 heteroatoms. The van der Waals surface area contributed by atoms with E-state index in [0.717, 1.165) is 12.5 Å². The molecular formula is C15H27NO3S2. The van der Waals surface area contributed by atoms with E-state index in [1.165, 1.54) is 43.9 Å². The maximum Gasteiger partial charge on any atom is 0.230 e. The van der Waals surface area contributed by atoms with Crippen molar-refractivity contribution in [2.24, 2.45) is 11.8 Å². The lowest BCUT2D eigenvalue weighted by molar-refractivity contribution is -0.118. The molecule has 0 unspecified atom stereocenters. The molecule has 1 aliphatic heterocycles. The molecule has 4 nitrogen and oxygen atoms in total. The van der Waals surface area contributed by atoms with Gasteiger partial charge in [-0.1, -0.05) is 26.2 Å². The highest BCUT2D eigenvalue weighted by Crippen LogP contribution is 2.30. The number of carbonyl (C=O) groups excluding carboxylic acids is 1. The van der Waals surface area contributed by atoms with Crippen LogP contribution in [0.3, 0.4) is 0 Å². The topological polar surface area (TPSA) is 63.2 Å². The molecule has 1 saturated carbocycles. The lowest BCUT2D eigenvalue weighted by Crippen LogP contribution is -2.32. The first-order valence-corrected chi connectivity index (χ1v) is 10.9. The first-order chi connectivity index (χ1) is 9.98. The van der Waals surface area contributed by atoms with Crippen molar-refractivity contribution >= 4 is 27.5 Å². The van der Waals surface area contributed by atoms with Crippen LogP contribution >= 0.6 is 11.8 Å². The van der Waals surface area contributed by atoms with E-state index >= 15 is 0 Å². The molecule has 1 atom stereocenters. The smallest absolute Gasteiger partial charge is 0.230 e. The number of rotatable bonds is 6. The van der Waals surface area contributed by atoms with Gasteiger partial charge in [0.15, 0.2) is 9.84 Å². The standard InChI is InChI=1S/C15H27NO3S2/c1-2-12-3-5-13(6-4-12)9-16-15(17)10-20-14-7-8-21(18,19)11-14/h12-14H,2-11H2,1H3,(H,16,17)/t12?,13?,14-/m1/s1. The minimum Gasteiger partial charge on any atom is -0.355 e. The fourth-order valence-electron chi connectivity index (χ4n) is 3.24. The van der Waals surface area contributed by atoms with Crippen LogP contribution in [0.25, 0.3) is 0 Å². The Bertz CT molecular complexity index is 442. The average Bonchev–Trinajstić information content (AvgIpc) is 2.83. The summed E-state index contributed by atoms with van der Waals surface area (Å²) in [6.07, 6.45) is 7.03. The third-order valence-electron chi connectivity index (χ3n) is 4.77. The molecule has 1 saturated heterocycles. The van der Waals surface area contributed by atoms with Crippen molar-refractivity contribution in [2.75, 3.05) is 23.8 Å². The predicted molar refractivity (Wildman–Crippen MR) is 88.3 cm³/mol. The van der Waals surface area contributed by atoms with Crippen LogP contribution < -0.4 is 5.32 Å². The highest BCUT2D eigenvalue weighted by atomic mass is 32.2. The lowest BCUT2D eigenvalue weighted by Gasteiger charge is -2.27. The van der Waals surface area contributed by atoms with Gasteiger partial charge < -0.3 is 5.32 Å². The van der Waals surface area contributed by atoms with Crippen LogP contribution in [0.15, 0.2) is 0 Å². The molecule has 21 heavy (non-hydrogen) atoms. The SMILES string of the molecule is CCC1CCC(CNC(=O)CS[C@@H]2CCS(=O)(=O)C2)CC1. The van der Waals surface area contributed by atoms with Crippen LogP contribution in [-0.2, 0) is 14.6 Å². The molecule has 1 amide bonds. The maximum atomic E-state index is 11.8. The fourth-order valence-corrected chi connectivity index (χ4v) is 6.71. The summed E-state index contributed by atoms with van der Waals surface area (Å²) in [6.45, 7) is 3.05. The Kier molecular flexibility index (Phi) is 6.41. The lowest BCUT2D eigenvalue weighted by atomic mass is 9.81. The Hall–Kier alpha value is -0.230. The Labute approximate surface area is 132 Å². The van der Waals surface area contributed by atoms with Gasteiger partial charge in [0.05, 0.1) is 17.3 Å². The summed E-state index contributed by atoms with van der Waals surface area (Å²) in [5.41, 5.74) is 0. The third-order valence-corrected chi connectivity index (χ3v) is 8.05. The Morgan fingerprint density at radius 1 is 1.14 bits per heavy atom. The molecule has 0 radical (unpaired) electrons. The zero-order chi connectivity index (χ0) is 15.3. The van der Waals surface area contributed by atoms with E-state index in [4.69, 9.17) is 0 Å². The number of thioether (sulfide) groups is 1. The van der Waals surface area contributed by atoms with Gasteiger partial charge in [-0.25, -0.2) is 8.42 Å². The summed E-state index contributed by atoms with van der Waals surface area (Å²) in [5, 5.41) is 3.13. The highest BCUT2D eigenvalue weighted by molar-refractivity contribution is 8.02. The van der Waals surface area contributed by atoms with E-state index in [9.17, 15) is 13.2 Å². The van der Waals surface area contributed by atoms with Crippen LogP contribution in [-0.4, -0.2) is 43.4 Å². The summed E-state index contributed by atoms with van der Waals surface area (Å²) in [7, 11) is -2.83. The molecule has 122 valence electrons. The molecule has 2 fully saturated rings. The first kappa shape index (κ1) is 17.1. The van der Waals surface area contributed by atoms with E-state index < -0.39 is 9.84 Å². The minimum absolute atomic E-state index is 0.0573. The van der Waals surface area contributed by atoms with Gasteiger partial charge in [0.2, 0.25) is 5.91 Å². The fraction of sp³-hybridized carbons (Fsp3) is 0.933. The molecule has 0 aromatic heterocycles. The Morgan fingerprint density at radius 2 is 1.81 bits per heavy atom. The number of amides is 1. The van der Waals surface area contributed by atoms with Gasteiger partial charge in [-0.3, -0.25) is 4.79 Å². The summed E-state index contributed by atoms with van der Waals surface area (Å²) < 4.78 is 22.7. The predicted octanol–water partition coefficient (Wildman–Crippen LogP) is 2.24. The molecule has 0 aromatic carbocycles. The van der Waals surface area contributed by atoms with Gasteiger partial charge in [0.1, 0.15) is 0 Å². The van der Waals surface area contributed by atoms with Crippen molar-refractivity contribution in [2.45, 2.75) is 50.7 Å². The Balaban J connectivity index is 1.58. The molecule has 1 aliphatic carbocycles. The van der Waals surface area contributed by atoms with Gasteiger partial charge in [0.25, 0.3) is 0 Å². The van der Waals surface area contributed by atoms with E-state index in [1.807, 2.05) is 0 Å². The molecule has 0 bridgehead atoms. The molecular weight excluding hydrogens is 306 g/mol. The van der Waals surface area contributed by atoms with Crippen molar-refractivity contribution in [3.05, 3.63) is 0 Å². The van der Waals surface area contributed by atoms with Crippen LogP contribution in [0.4, 0.5) is 0 Å². The largest absolute Gasteiger partial charge is 0.355 e. The molecule has 2 rings (SSSR count). The minimum atomic E-state index is -2.83. The van der Waals surface area contributed by atoms with E-state index in [1.54, 1.807) is 0 Å². The molecule has 0 spiro atoms. The second kappa shape index (κ2) is 7.86. The second-order valence-corrected chi connectivity index (χ2v) is 9.95. The van der Waals surface area contributed by atoms with Gasteiger partial charge in [0, 0.05) is 11.8 Å². The van der Waals surface area contributed by atoms with Crippen molar-refractivity contribution in [1.29, 1.82) is 0 Å². The zero-order valence-corrected chi connectivity index (χ0v) is 14.5. The Morgan fingerprint density at radius 3 is 2.38 bits per heavy atom. The monoisotopic (exact) mass is 333 g/mol. The van der Waals surface area contributed by atoms with Gasteiger partial charge >= 0.3 is 0 Å². The summed E-state index contributed by atoms with van der Waals surface area (Å²) in [4.78, 5) is 11.8. The maximum absolute atomic E-state index is 11.8. The summed E-state index contributed by atoms with van der Waals surface area (Å²) in [5.74, 6) is 2.50.